The molecule has 3 rings (SSSR count). The molecule has 0 saturated carbocycles. The van der Waals surface area contributed by atoms with Crippen LogP contribution in [0, 0.1) is 5.82 Å². The van der Waals surface area contributed by atoms with E-state index in [2.05, 4.69) is 10.6 Å². The van der Waals surface area contributed by atoms with Crippen LogP contribution in [0.15, 0.2) is 72.8 Å². The summed E-state index contributed by atoms with van der Waals surface area (Å²) in [6.07, 6.45) is 0. The molecule has 3 aromatic carbocycles. The van der Waals surface area contributed by atoms with Crippen LogP contribution in [-0.4, -0.2) is 25.0 Å². The second-order valence-corrected chi connectivity index (χ2v) is 6.28. The van der Waals surface area contributed by atoms with Gasteiger partial charge in [-0.2, -0.15) is 0 Å². The molecule has 0 heterocycles. The molecule has 0 radical (unpaired) electrons. The Hall–Kier alpha value is -3.87. The van der Waals surface area contributed by atoms with Crippen molar-refractivity contribution >= 4 is 23.2 Å². The Balaban J connectivity index is 1.50. The second-order valence-electron chi connectivity index (χ2n) is 6.28. The van der Waals surface area contributed by atoms with Gasteiger partial charge in [0.25, 0.3) is 11.8 Å². The number of hydrogen-bond donors (Lipinski definition) is 2. The van der Waals surface area contributed by atoms with Crippen LogP contribution < -0.4 is 20.1 Å². The second kappa shape index (κ2) is 10.1. The van der Waals surface area contributed by atoms with Crippen LogP contribution in [0.2, 0.25) is 0 Å². The quantitative estimate of drug-likeness (QED) is 0.576. The summed E-state index contributed by atoms with van der Waals surface area (Å²) in [5.41, 5.74) is 1.63. The van der Waals surface area contributed by atoms with E-state index in [1.165, 1.54) is 24.3 Å². The number of benzene rings is 3. The minimum atomic E-state index is -0.376. The zero-order chi connectivity index (χ0) is 21.3. The SMILES string of the molecule is CCOc1ccc(NC(=O)c2ccc(NC(=O)COc3ccc(F)cc3)cc2)cc1. The van der Waals surface area contributed by atoms with E-state index in [1.54, 1.807) is 48.5 Å². The van der Waals surface area contributed by atoms with E-state index < -0.39 is 0 Å². The third-order valence-electron chi connectivity index (χ3n) is 4.04. The summed E-state index contributed by atoms with van der Waals surface area (Å²) in [6.45, 7) is 2.26. The number of hydrogen-bond acceptors (Lipinski definition) is 4. The van der Waals surface area contributed by atoms with Crippen molar-refractivity contribution < 1.29 is 23.5 Å². The average molecular weight is 408 g/mol. The molecule has 0 fully saturated rings. The lowest BCUT2D eigenvalue weighted by Gasteiger charge is -2.09. The molecular formula is C23H21FN2O4. The Kier molecular flexibility index (Phi) is 7.00. The lowest BCUT2D eigenvalue weighted by Crippen LogP contribution is -2.20. The van der Waals surface area contributed by atoms with Gasteiger partial charge in [-0.1, -0.05) is 0 Å². The highest BCUT2D eigenvalue weighted by molar-refractivity contribution is 6.04. The molecule has 0 aliphatic heterocycles. The zero-order valence-corrected chi connectivity index (χ0v) is 16.4. The number of nitrogens with one attached hydrogen (secondary N) is 2. The van der Waals surface area contributed by atoms with Crippen LogP contribution >= 0.6 is 0 Å². The normalized spacial score (nSPS) is 10.2. The maximum Gasteiger partial charge on any atom is 0.262 e. The first-order valence-corrected chi connectivity index (χ1v) is 9.36. The van der Waals surface area contributed by atoms with Crippen molar-refractivity contribution in [3.63, 3.8) is 0 Å². The number of ether oxygens (including phenoxy) is 2. The molecule has 154 valence electrons. The van der Waals surface area contributed by atoms with Crippen molar-refractivity contribution in [1.29, 1.82) is 0 Å². The fourth-order valence-corrected chi connectivity index (χ4v) is 2.59. The van der Waals surface area contributed by atoms with Crippen LogP contribution in [0.4, 0.5) is 15.8 Å². The van der Waals surface area contributed by atoms with E-state index in [0.717, 1.165) is 5.75 Å². The van der Waals surface area contributed by atoms with E-state index in [9.17, 15) is 14.0 Å². The Labute approximate surface area is 173 Å². The van der Waals surface area contributed by atoms with E-state index >= 15 is 0 Å². The van der Waals surface area contributed by atoms with Crippen molar-refractivity contribution in [2.75, 3.05) is 23.8 Å². The summed E-state index contributed by atoms with van der Waals surface area (Å²) in [5, 5.41) is 5.48. The molecule has 30 heavy (non-hydrogen) atoms. The van der Waals surface area contributed by atoms with Crippen LogP contribution in [0.25, 0.3) is 0 Å². The van der Waals surface area contributed by atoms with Gasteiger partial charge < -0.3 is 20.1 Å². The average Bonchev–Trinajstić information content (AvgIpc) is 2.75. The number of anilines is 2. The predicted molar refractivity (Wildman–Crippen MR) is 113 cm³/mol. The molecule has 2 N–H and O–H groups in total. The van der Waals surface area contributed by atoms with Crippen molar-refractivity contribution in [2.24, 2.45) is 0 Å². The molecule has 0 aliphatic rings. The monoisotopic (exact) mass is 408 g/mol. The standard InChI is InChI=1S/C23H21FN2O4/c1-2-29-20-13-9-19(10-14-20)26-23(28)16-3-7-18(8-4-16)25-22(27)15-30-21-11-5-17(24)6-12-21/h3-14H,2,15H2,1H3,(H,25,27)(H,26,28). The Morgan fingerprint density at radius 3 is 1.93 bits per heavy atom. The molecule has 0 saturated heterocycles. The summed E-state index contributed by atoms with van der Waals surface area (Å²) in [5.74, 6) is 0.118. The van der Waals surface area contributed by atoms with Crippen molar-refractivity contribution in [3.05, 3.63) is 84.2 Å². The summed E-state index contributed by atoms with van der Waals surface area (Å²) in [4.78, 5) is 24.4. The molecule has 0 bridgehead atoms. The zero-order valence-electron chi connectivity index (χ0n) is 16.4. The molecule has 0 unspecified atom stereocenters. The van der Waals surface area contributed by atoms with Gasteiger partial charge in [-0.3, -0.25) is 9.59 Å². The van der Waals surface area contributed by atoms with Crippen LogP contribution in [-0.2, 0) is 4.79 Å². The fraction of sp³-hybridized carbons (Fsp3) is 0.130. The topological polar surface area (TPSA) is 76.7 Å². The Morgan fingerprint density at radius 1 is 0.767 bits per heavy atom. The number of halogens is 1. The largest absolute Gasteiger partial charge is 0.494 e. The lowest BCUT2D eigenvalue weighted by atomic mass is 10.2. The van der Waals surface area contributed by atoms with Gasteiger partial charge in [0.1, 0.15) is 17.3 Å². The molecule has 7 heteroatoms. The first-order chi connectivity index (χ1) is 14.5. The van der Waals surface area contributed by atoms with E-state index in [4.69, 9.17) is 9.47 Å². The molecule has 2 amide bonds. The molecule has 6 nitrogen and oxygen atoms in total. The third-order valence-corrected chi connectivity index (χ3v) is 4.04. The van der Waals surface area contributed by atoms with Gasteiger partial charge >= 0.3 is 0 Å². The van der Waals surface area contributed by atoms with Gasteiger partial charge in [0.15, 0.2) is 6.61 Å². The Bertz CT molecular complexity index is 987. The summed E-state index contributed by atoms with van der Waals surface area (Å²) < 4.78 is 23.5. The predicted octanol–water partition coefficient (Wildman–Crippen LogP) is 4.49. The van der Waals surface area contributed by atoms with E-state index in [-0.39, 0.29) is 24.2 Å². The van der Waals surface area contributed by atoms with Crippen LogP contribution in [0.3, 0.4) is 0 Å². The summed E-state index contributed by atoms with van der Waals surface area (Å²) >= 11 is 0. The minimum absolute atomic E-state index is 0.217. The van der Waals surface area contributed by atoms with Gasteiger partial charge in [0.05, 0.1) is 6.61 Å². The van der Waals surface area contributed by atoms with Gasteiger partial charge in [-0.05, 0) is 79.7 Å². The van der Waals surface area contributed by atoms with Crippen LogP contribution in [0.1, 0.15) is 17.3 Å². The third kappa shape index (κ3) is 6.07. The van der Waals surface area contributed by atoms with Crippen molar-refractivity contribution in [3.8, 4) is 11.5 Å². The molecular weight excluding hydrogens is 387 g/mol. The summed E-state index contributed by atoms with van der Waals surface area (Å²) in [6, 6.07) is 19.0. The van der Waals surface area contributed by atoms with Crippen molar-refractivity contribution in [1.82, 2.24) is 0 Å². The van der Waals surface area contributed by atoms with E-state index in [1.807, 2.05) is 6.92 Å². The first kappa shape index (κ1) is 20.9. The van der Waals surface area contributed by atoms with E-state index in [0.29, 0.717) is 29.3 Å². The molecule has 0 spiro atoms. The lowest BCUT2D eigenvalue weighted by molar-refractivity contribution is -0.118. The molecule has 0 aromatic heterocycles. The maximum absolute atomic E-state index is 12.9. The van der Waals surface area contributed by atoms with Crippen LogP contribution in [0.5, 0.6) is 11.5 Å². The maximum atomic E-state index is 12.9. The summed E-state index contributed by atoms with van der Waals surface area (Å²) in [7, 11) is 0. The molecule has 0 aliphatic carbocycles. The molecule has 0 atom stereocenters. The van der Waals surface area contributed by atoms with Gasteiger partial charge in [0, 0.05) is 16.9 Å². The number of carbonyl (C=O) groups is 2. The number of amides is 2. The smallest absolute Gasteiger partial charge is 0.262 e. The highest BCUT2D eigenvalue weighted by Gasteiger charge is 2.08. The number of rotatable bonds is 8. The van der Waals surface area contributed by atoms with Gasteiger partial charge in [-0.15, -0.1) is 0 Å². The number of carbonyl (C=O) groups excluding carboxylic acids is 2. The molecule has 3 aromatic rings. The first-order valence-electron chi connectivity index (χ1n) is 9.36. The highest BCUT2D eigenvalue weighted by Crippen LogP contribution is 2.17. The minimum Gasteiger partial charge on any atom is -0.494 e. The van der Waals surface area contributed by atoms with Crippen molar-refractivity contribution in [2.45, 2.75) is 6.92 Å². The highest BCUT2D eigenvalue weighted by atomic mass is 19.1. The fourth-order valence-electron chi connectivity index (χ4n) is 2.59. The van der Waals surface area contributed by atoms with Gasteiger partial charge in [0.2, 0.25) is 0 Å². The Morgan fingerprint density at radius 2 is 1.30 bits per heavy atom. The van der Waals surface area contributed by atoms with Gasteiger partial charge in [-0.25, -0.2) is 4.39 Å².